The van der Waals surface area contributed by atoms with E-state index >= 15 is 0 Å². The minimum Gasteiger partial charge on any atom is -0.389 e. The summed E-state index contributed by atoms with van der Waals surface area (Å²) in [6.45, 7) is 0.599. The van der Waals surface area contributed by atoms with E-state index < -0.39 is 0 Å². The lowest BCUT2D eigenvalue weighted by molar-refractivity contribution is 0.806. The summed E-state index contributed by atoms with van der Waals surface area (Å²) < 4.78 is 2.01. The number of nitrogens with zero attached hydrogens (tertiary/aromatic N) is 2. The van der Waals surface area contributed by atoms with Crippen LogP contribution in [0.5, 0.6) is 0 Å². The summed E-state index contributed by atoms with van der Waals surface area (Å²) in [5.74, 6) is 0.768. The molecule has 0 saturated heterocycles. The predicted molar refractivity (Wildman–Crippen MR) is 99.1 cm³/mol. The van der Waals surface area contributed by atoms with Gasteiger partial charge in [0.05, 0.1) is 5.02 Å². The van der Waals surface area contributed by atoms with Gasteiger partial charge in [-0.05, 0) is 23.8 Å². The van der Waals surface area contributed by atoms with Crippen LogP contribution < -0.4 is 5.73 Å². The Hall–Kier alpha value is -1.88. The van der Waals surface area contributed by atoms with Gasteiger partial charge in [-0.1, -0.05) is 59.7 Å². The lowest BCUT2D eigenvalue weighted by Crippen LogP contribution is -2.14. The average Bonchev–Trinajstić information content (AvgIpc) is 2.95. The Bertz CT molecular complexity index is 874. The molecule has 3 nitrogen and oxygen atoms in total. The van der Waals surface area contributed by atoms with Crippen molar-refractivity contribution in [3.63, 3.8) is 0 Å². The van der Waals surface area contributed by atoms with Crippen LogP contribution in [0.3, 0.4) is 0 Å². The Balaban J connectivity index is 2.01. The molecule has 6 heteroatoms. The van der Waals surface area contributed by atoms with Crippen LogP contribution in [0.15, 0.2) is 54.9 Å². The van der Waals surface area contributed by atoms with E-state index in [-0.39, 0.29) is 0 Å². The first kappa shape index (κ1) is 16.0. The first-order valence-electron chi connectivity index (χ1n) is 6.90. The number of hydrogen-bond donors (Lipinski definition) is 1. The number of imidazole rings is 1. The number of hydrogen-bond acceptors (Lipinski definition) is 2. The summed E-state index contributed by atoms with van der Waals surface area (Å²) in [6.07, 6.45) is 3.64. The molecule has 23 heavy (non-hydrogen) atoms. The number of halogens is 2. The van der Waals surface area contributed by atoms with Gasteiger partial charge in [0, 0.05) is 35.1 Å². The van der Waals surface area contributed by atoms with Gasteiger partial charge in [-0.15, -0.1) is 0 Å². The lowest BCUT2D eigenvalue weighted by Gasteiger charge is -2.12. The highest BCUT2D eigenvalue weighted by Gasteiger charge is 2.12. The Morgan fingerprint density at radius 3 is 2.70 bits per heavy atom. The molecule has 0 aliphatic carbocycles. The van der Waals surface area contributed by atoms with Crippen LogP contribution >= 0.6 is 35.4 Å². The molecule has 0 radical (unpaired) electrons. The molecule has 1 aromatic heterocycles. The predicted octanol–water partition coefficient (Wildman–Crippen LogP) is 4.54. The van der Waals surface area contributed by atoms with Gasteiger partial charge >= 0.3 is 0 Å². The molecule has 0 unspecified atom stereocenters. The van der Waals surface area contributed by atoms with Crippen LogP contribution in [-0.4, -0.2) is 14.5 Å². The van der Waals surface area contributed by atoms with E-state index in [1.807, 2.05) is 41.1 Å². The second-order valence-corrected chi connectivity index (χ2v) is 6.31. The average molecular weight is 362 g/mol. The fourth-order valence-electron chi connectivity index (χ4n) is 2.43. The van der Waals surface area contributed by atoms with Crippen molar-refractivity contribution in [2.24, 2.45) is 5.73 Å². The molecule has 0 fully saturated rings. The summed E-state index contributed by atoms with van der Waals surface area (Å²) >= 11 is 17.4. The van der Waals surface area contributed by atoms with E-state index in [0.717, 1.165) is 22.5 Å². The molecule has 1 heterocycles. The van der Waals surface area contributed by atoms with Crippen molar-refractivity contribution >= 4 is 40.4 Å². The third kappa shape index (κ3) is 3.39. The molecule has 0 saturated carbocycles. The second-order valence-electron chi connectivity index (χ2n) is 5.02. The van der Waals surface area contributed by atoms with Crippen LogP contribution in [0.1, 0.15) is 11.1 Å². The van der Waals surface area contributed by atoms with Crippen molar-refractivity contribution < 1.29 is 0 Å². The van der Waals surface area contributed by atoms with Gasteiger partial charge in [-0.3, -0.25) is 0 Å². The van der Waals surface area contributed by atoms with Crippen molar-refractivity contribution in [3.8, 4) is 11.4 Å². The van der Waals surface area contributed by atoms with Gasteiger partial charge in [0.25, 0.3) is 0 Å². The summed E-state index contributed by atoms with van der Waals surface area (Å²) in [4.78, 5) is 4.80. The first-order chi connectivity index (χ1) is 11.1. The topological polar surface area (TPSA) is 43.8 Å². The van der Waals surface area contributed by atoms with Gasteiger partial charge in [-0.25, -0.2) is 4.98 Å². The molecule has 0 bridgehead atoms. The van der Waals surface area contributed by atoms with E-state index in [2.05, 4.69) is 4.98 Å². The van der Waals surface area contributed by atoms with Gasteiger partial charge in [-0.2, -0.15) is 0 Å². The maximum absolute atomic E-state index is 6.30. The van der Waals surface area contributed by atoms with Gasteiger partial charge < -0.3 is 10.3 Å². The maximum Gasteiger partial charge on any atom is 0.141 e. The number of aromatic nitrogens is 2. The third-order valence-corrected chi connectivity index (χ3v) is 4.28. The largest absolute Gasteiger partial charge is 0.389 e. The highest BCUT2D eigenvalue weighted by molar-refractivity contribution is 7.80. The van der Waals surface area contributed by atoms with E-state index in [0.29, 0.717) is 21.6 Å². The number of benzene rings is 2. The molecule has 0 atom stereocenters. The van der Waals surface area contributed by atoms with Crippen molar-refractivity contribution in [3.05, 3.63) is 76.0 Å². The molecule has 0 spiro atoms. The Morgan fingerprint density at radius 2 is 1.96 bits per heavy atom. The normalized spacial score (nSPS) is 10.7. The summed E-state index contributed by atoms with van der Waals surface area (Å²) in [7, 11) is 0. The molecule has 0 aliphatic rings. The van der Waals surface area contributed by atoms with E-state index in [4.69, 9.17) is 41.2 Å². The summed E-state index contributed by atoms with van der Waals surface area (Å²) in [5.41, 5.74) is 8.53. The van der Waals surface area contributed by atoms with Gasteiger partial charge in [0.1, 0.15) is 10.8 Å². The Kier molecular flexibility index (Phi) is 4.66. The molecular weight excluding hydrogens is 349 g/mol. The molecular formula is C17H13Cl2N3S. The van der Waals surface area contributed by atoms with Crippen LogP contribution in [0.4, 0.5) is 0 Å². The fraction of sp³-hybridized carbons (Fsp3) is 0.0588. The standard InChI is InChI=1S/C17H13Cl2N3S/c18-12-5-6-14(15(19)9-12)17-21-7-8-22(17)10-11-3-1-2-4-13(11)16(20)23/h1-9H,10H2,(H2,20,23). The van der Waals surface area contributed by atoms with E-state index in [9.17, 15) is 0 Å². The quantitative estimate of drug-likeness (QED) is 0.693. The molecule has 2 N–H and O–H groups in total. The minimum absolute atomic E-state index is 0.381. The monoisotopic (exact) mass is 361 g/mol. The van der Waals surface area contributed by atoms with Crippen LogP contribution in [0.2, 0.25) is 10.0 Å². The summed E-state index contributed by atoms with van der Waals surface area (Å²) in [5, 5.41) is 1.16. The fourth-order valence-corrected chi connectivity index (χ4v) is 3.13. The van der Waals surface area contributed by atoms with E-state index in [1.165, 1.54) is 0 Å². The number of thiocarbonyl (C=S) groups is 1. The molecule has 116 valence electrons. The van der Waals surface area contributed by atoms with Crippen molar-refractivity contribution in [1.29, 1.82) is 0 Å². The van der Waals surface area contributed by atoms with Crippen molar-refractivity contribution in [2.45, 2.75) is 6.54 Å². The second kappa shape index (κ2) is 6.71. The zero-order valence-electron chi connectivity index (χ0n) is 12.0. The third-order valence-electron chi connectivity index (χ3n) is 3.51. The minimum atomic E-state index is 0.381. The highest BCUT2D eigenvalue weighted by Crippen LogP contribution is 2.29. The van der Waals surface area contributed by atoms with Crippen LogP contribution in [-0.2, 0) is 6.54 Å². The van der Waals surface area contributed by atoms with Gasteiger partial charge in [0.2, 0.25) is 0 Å². The Morgan fingerprint density at radius 1 is 1.17 bits per heavy atom. The molecule has 0 aliphatic heterocycles. The maximum atomic E-state index is 6.30. The zero-order chi connectivity index (χ0) is 16.4. The smallest absolute Gasteiger partial charge is 0.141 e. The van der Waals surface area contributed by atoms with Crippen molar-refractivity contribution in [1.82, 2.24) is 9.55 Å². The van der Waals surface area contributed by atoms with E-state index in [1.54, 1.807) is 18.3 Å². The number of rotatable bonds is 4. The zero-order valence-corrected chi connectivity index (χ0v) is 14.4. The molecule has 3 aromatic rings. The SMILES string of the molecule is NC(=S)c1ccccc1Cn1ccnc1-c1ccc(Cl)cc1Cl. The molecule has 2 aromatic carbocycles. The Labute approximate surface area is 149 Å². The lowest BCUT2D eigenvalue weighted by atomic mass is 10.1. The van der Waals surface area contributed by atoms with Gasteiger partial charge in [0.15, 0.2) is 0 Å². The van der Waals surface area contributed by atoms with Crippen molar-refractivity contribution in [2.75, 3.05) is 0 Å². The van der Waals surface area contributed by atoms with Crippen LogP contribution in [0.25, 0.3) is 11.4 Å². The summed E-state index contributed by atoms with van der Waals surface area (Å²) in [6, 6.07) is 13.2. The number of nitrogens with two attached hydrogens (primary N) is 1. The molecule has 3 rings (SSSR count). The first-order valence-corrected chi connectivity index (χ1v) is 8.07. The highest BCUT2D eigenvalue weighted by atomic mass is 35.5. The molecule has 0 amide bonds. The van der Waals surface area contributed by atoms with Crippen LogP contribution in [0, 0.1) is 0 Å².